The van der Waals surface area contributed by atoms with E-state index >= 15 is 0 Å². The molecule has 0 bridgehead atoms. The Kier molecular flexibility index (Phi) is 5.73. The number of fused-ring (bicyclic) bond motifs is 2. The van der Waals surface area contributed by atoms with Crippen molar-refractivity contribution in [2.24, 2.45) is 0 Å². The molecule has 3 aromatic rings. The molecule has 9 heteroatoms. The number of ketones is 1. The van der Waals surface area contributed by atoms with Crippen molar-refractivity contribution in [3.63, 3.8) is 0 Å². The first-order valence-electron chi connectivity index (χ1n) is 10.00. The van der Waals surface area contributed by atoms with Crippen LogP contribution < -0.4 is 14.8 Å². The predicted molar refractivity (Wildman–Crippen MR) is 110 cm³/mol. The second kappa shape index (κ2) is 8.49. The molecule has 166 valence electrons. The number of hydrogen-bond acceptors (Lipinski definition) is 5. The number of carbonyl (C=O) groups is 2. The van der Waals surface area contributed by atoms with Gasteiger partial charge in [0, 0.05) is 29.1 Å². The third-order valence-electron chi connectivity index (χ3n) is 5.18. The van der Waals surface area contributed by atoms with Crippen molar-refractivity contribution in [2.45, 2.75) is 25.6 Å². The molecule has 0 saturated heterocycles. The van der Waals surface area contributed by atoms with E-state index in [2.05, 4.69) is 4.98 Å². The number of para-hydroxylation sites is 1. The van der Waals surface area contributed by atoms with Crippen LogP contribution in [-0.4, -0.2) is 36.1 Å². The molecule has 1 aliphatic rings. The van der Waals surface area contributed by atoms with Crippen LogP contribution in [0.25, 0.3) is 10.8 Å². The highest BCUT2D eigenvalue weighted by molar-refractivity contribution is 6.18. The summed E-state index contributed by atoms with van der Waals surface area (Å²) in [5.41, 5.74) is 0.914. The summed E-state index contributed by atoms with van der Waals surface area (Å²) in [5, 5.41) is 3.29. The fraction of sp³-hybridized carbons (Fsp3) is 0.261. The Morgan fingerprint density at radius 3 is 2.62 bits per heavy atom. The van der Waals surface area contributed by atoms with Crippen LogP contribution in [-0.2, 0) is 4.79 Å². The molecule has 1 unspecified atom stereocenters. The number of carbonyl (C=O) groups excluding carboxylic acids is 2. The summed E-state index contributed by atoms with van der Waals surface area (Å²) in [7, 11) is 0. The quantitative estimate of drug-likeness (QED) is 0.592. The Labute approximate surface area is 181 Å². The molecule has 1 atom stereocenters. The summed E-state index contributed by atoms with van der Waals surface area (Å²) in [5.74, 6) is -1.81. The number of aromatic nitrogens is 1. The molecule has 0 spiro atoms. The minimum absolute atomic E-state index is 0.0635. The summed E-state index contributed by atoms with van der Waals surface area (Å²) in [6.07, 6.45) is -3.30. The Morgan fingerprint density at radius 2 is 1.88 bits per heavy atom. The molecule has 0 aliphatic carbocycles. The maximum atomic E-state index is 13.5. The van der Waals surface area contributed by atoms with Crippen molar-refractivity contribution >= 4 is 22.5 Å². The minimum atomic E-state index is -5.00. The van der Waals surface area contributed by atoms with Gasteiger partial charge in [0.15, 0.2) is 5.78 Å². The molecule has 4 rings (SSSR count). The SMILES string of the molecule is CCOc1nccc2c(C(=O)c3cccc4c3OCCC4NC(=O)C(F)(F)F)cccc12. The number of pyridine rings is 1. The first kappa shape index (κ1) is 21.6. The molecule has 1 aromatic heterocycles. The number of halogens is 3. The largest absolute Gasteiger partial charge is 0.492 e. The summed E-state index contributed by atoms with van der Waals surface area (Å²) < 4.78 is 49.4. The molecule has 0 saturated carbocycles. The van der Waals surface area contributed by atoms with Gasteiger partial charge in [0.1, 0.15) is 5.75 Å². The van der Waals surface area contributed by atoms with Gasteiger partial charge in [-0.2, -0.15) is 13.2 Å². The van der Waals surface area contributed by atoms with Gasteiger partial charge in [-0.05, 0) is 30.5 Å². The lowest BCUT2D eigenvalue weighted by atomic mass is 9.92. The summed E-state index contributed by atoms with van der Waals surface area (Å²) in [6.45, 7) is 2.31. The molecular formula is C23H19F3N2O4. The second-order valence-corrected chi connectivity index (χ2v) is 7.16. The zero-order chi connectivity index (χ0) is 22.9. The highest BCUT2D eigenvalue weighted by Gasteiger charge is 2.41. The predicted octanol–water partition coefficient (Wildman–Crippen LogP) is 4.37. The van der Waals surface area contributed by atoms with Crippen LogP contribution in [0.15, 0.2) is 48.7 Å². The number of alkyl halides is 3. The van der Waals surface area contributed by atoms with E-state index in [-0.39, 0.29) is 30.1 Å². The highest BCUT2D eigenvalue weighted by Crippen LogP contribution is 2.37. The topological polar surface area (TPSA) is 77.5 Å². The highest BCUT2D eigenvalue weighted by atomic mass is 19.4. The maximum absolute atomic E-state index is 13.5. The Bertz CT molecular complexity index is 1190. The van der Waals surface area contributed by atoms with Crippen molar-refractivity contribution in [1.82, 2.24) is 10.3 Å². The molecule has 32 heavy (non-hydrogen) atoms. The van der Waals surface area contributed by atoms with Crippen LogP contribution in [0.1, 0.15) is 40.9 Å². The summed E-state index contributed by atoms with van der Waals surface area (Å²) >= 11 is 0. The minimum Gasteiger partial charge on any atom is -0.492 e. The number of benzene rings is 2. The van der Waals surface area contributed by atoms with Crippen LogP contribution in [0.4, 0.5) is 13.2 Å². The monoisotopic (exact) mass is 444 g/mol. The number of nitrogens with zero attached hydrogens (tertiary/aromatic N) is 1. The molecule has 2 aromatic carbocycles. The number of nitrogens with one attached hydrogen (secondary N) is 1. The van der Waals surface area contributed by atoms with Crippen molar-refractivity contribution in [1.29, 1.82) is 0 Å². The van der Waals surface area contributed by atoms with Crippen LogP contribution >= 0.6 is 0 Å². The Morgan fingerprint density at radius 1 is 1.12 bits per heavy atom. The van der Waals surface area contributed by atoms with Gasteiger partial charge in [-0.3, -0.25) is 9.59 Å². The average molecular weight is 444 g/mol. The van der Waals surface area contributed by atoms with Gasteiger partial charge < -0.3 is 14.8 Å². The van der Waals surface area contributed by atoms with E-state index in [0.29, 0.717) is 34.4 Å². The molecule has 0 fully saturated rings. The van der Waals surface area contributed by atoms with Gasteiger partial charge in [-0.25, -0.2) is 4.98 Å². The first-order valence-corrected chi connectivity index (χ1v) is 10.00. The van der Waals surface area contributed by atoms with E-state index in [1.165, 1.54) is 0 Å². The maximum Gasteiger partial charge on any atom is 0.471 e. The van der Waals surface area contributed by atoms with Crippen LogP contribution in [0.5, 0.6) is 11.6 Å². The van der Waals surface area contributed by atoms with Crippen LogP contribution in [0.3, 0.4) is 0 Å². The third kappa shape index (κ3) is 3.98. The molecule has 1 N–H and O–H groups in total. The third-order valence-corrected chi connectivity index (χ3v) is 5.18. The van der Waals surface area contributed by atoms with Gasteiger partial charge >= 0.3 is 12.1 Å². The van der Waals surface area contributed by atoms with Gasteiger partial charge in [0.2, 0.25) is 5.88 Å². The van der Waals surface area contributed by atoms with Crippen LogP contribution in [0, 0.1) is 0 Å². The average Bonchev–Trinajstić information content (AvgIpc) is 2.78. The normalized spacial score (nSPS) is 15.6. The van der Waals surface area contributed by atoms with Crippen molar-refractivity contribution in [3.8, 4) is 11.6 Å². The fourth-order valence-corrected chi connectivity index (χ4v) is 3.77. The van der Waals surface area contributed by atoms with Crippen LogP contribution in [0.2, 0.25) is 0 Å². The standard InChI is InChI=1S/C23H19F3N2O4/c1-2-31-21-15-6-3-5-14(13(15)9-11-27-21)19(29)17-8-4-7-16-18(10-12-32-20(16)17)28-22(30)23(24,25)26/h3-9,11,18H,2,10,12H2,1H3,(H,28,30). The van der Waals surface area contributed by atoms with E-state index in [4.69, 9.17) is 9.47 Å². The van der Waals surface area contributed by atoms with Gasteiger partial charge in [-0.1, -0.05) is 24.3 Å². The van der Waals surface area contributed by atoms with Gasteiger partial charge in [-0.15, -0.1) is 0 Å². The molecular weight excluding hydrogens is 425 g/mol. The lowest BCUT2D eigenvalue weighted by molar-refractivity contribution is -0.174. The number of amides is 1. The first-order chi connectivity index (χ1) is 15.3. The number of ether oxygens (including phenoxy) is 2. The lowest BCUT2D eigenvalue weighted by Gasteiger charge is -2.28. The van der Waals surface area contributed by atoms with E-state index in [1.54, 1.807) is 48.7 Å². The second-order valence-electron chi connectivity index (χ2n) is 7.16. The summed E-state index contributed by atoms with van der Waals surface area (Å²) in [4.78, 5) is 29.1. The molecule has 6 nitrogen and oxygen atoms in total. The molecule has 1 aliphatic heterocycles. The lowest BCUT2D eigenvalue weighted by Crippen LogP contribution is -2.40. The zero-order valence-corrected chi connectivity index (χ0v) is 17.0. The van der Waals surface area contributed by atoms with Gasteiger partial charge in [0.05, 0.1) is 24.8 Å². The van der Waals surface area contributed by atoms with E-state index < -0.39 is 18.1 Å². The van der Waals surface area contributed by atoms with Crippen molar-refractivity contribution in [2.75, 3.05) is 13.2 Å². The van der Waals surface area contributed by atoms with E-state index in [1.807, 2.05) is 12.2 Å². The van der Waals surface area contributed by atoms with Gasteiger partial charge in [0.25, 0.3) is 0 Å². The number of rotatable bonds is 5. The van der Waals surface area contributed by atoms with Crippen molar-refractivity contribution in [3.05, 3.63) is 65.4 Å². The molecule has 1 amide bonds. The summed E-state index contributed by atoms with van der Waals surface area (Å²) in [6, 6.07) is 10.6. The molecule has 0 radical (unpaired) electrons. The van der Waals surface area contributed by atoms with Crippen molar-refractivity contribution < 1.29 is 32.2 Å². The van der Waals surface area contributed by atoms with E-state index in [0.717, 1.165) is 0 Å². The van der Waals surface area contributed by atoms with E-state index in [9.17, 15) is 22.8 Å². The smallest absolute Gasteiger partial charge is 0.471 e. The Balaban J connectivity index is 1.75. The fourth-order valence-electron chi connectivity index (χ4n) is 3.77. The Hall–Kier alpha value is -3.62. The zero-order valence-electron chi connectivity index (χ0n) is 17.0. The molecule has 2 heterocycles. The number of hydrogen-bond donors (Lipinski definition) is 1.